The van der Waals surface area contributed by atoms with E-state index in [1.54, 1.807) is 0 Å². The second kappa shape index (κ2) is 3.17. The Morgan fingerprint density at radius 1 is 1.29 bits per heavy atom. The molecule has 0 aromatic heterocycles. The van der Waals surface area contributed by atoms with Gasteiger partial charge in [-0.2, -0.15) is 0 Å². The van der Waals surface area contributed by atoms with Gasteiger partial charge in [0.15, 0.2) is 11.5 Å². The molecule has 0 saturated carbocycles. The van der Waals surface area contributed by atoms with Crippen LogP contribution < -0.4 is 9.47 Å². The van der Waals surface area contributed by atoms with Crippen LogP contribution in [0.5, 0.6) is 11.5 Å². The van der Waals surface area contributed by atoms with Gasteiger partial charge in [-0.25, -0.2) is 0 Å². The molecule has 1 aliphatic heterocycles. The van der Waals surface area contributed by atoms with Crippen molar-refractivity contribution in [2.75, 3.05) is 6.61 Å². The number of ether oxygens (including phenoxy) is 2. The molecule has 1 heterocycles. The zero-order valence-corrected chi connectivity index (χ0v) is 8.36. The predicted octanol–water partition coefficient (Wildman–Crippen LogP) is 1.80. The molecule has 76 valence electrons. The molecule has 3 heteroatoms. The fourth-order valence-corrected chi connectivity index (χ4v) is 1.44. The van der Waals surface area contributed by atoms with E-state index in [0.29, 0.717) is 0 Å². The molecule has 0 fully saturated rings. The summed E-state index contributed by atoms with van der Waals surface area (Å²) in [7, 11) is 0. The number of benzene rings is 1. The maximum absolute atomic E-state index is 9.08. The molecule has 2 rings (SSSR count). The monoisotopic (exact) mass is 194 g/mol. The van der Waals surface area contributed by atoms with Gasteiger partial charge >= 0.3 is 0 Å². The van der Waals surface area contributed by atoms with Gasteiger partial charge in [-0.15, -0.1) is 0 Å². The van der Waals surface area contributed by atoms with Crippen molar-refractivity contribution in [3.05, 3.63) is 24.3 Å². The van der Waals surface area contributed by atoms with Crippen LogP contribution in [0.3, 0.4) is 0 Å². The molecule has 1 aromatic carbocycles. The number of hydrogen-bond donors (Lipinski definition) is 1. The van der Waals surface area contributed by atoms with Gasteiger partial charge in [-0.1, -0.05) is 19.1 Å². The Morgan fingerprint density at radius 2 is 1.79 bits per heavy atom. The van der Waals surface area contributed by atoms with Crippen molar-refractivity contribution < 1.29 is 14.6 Å². The van der Waals surface area contributed by atoms with E-state index in [-0.39, 0.29) is 12.5 Å². The van der Waals surface area contributed by atoms with Crippen LogP contribution in [-0.4, -0.2) is 17.5 Å². The van der Waals surface area contributed by atoms with E-state index in [4.69, 9.17) is 14.6 Å². The standard InChI is InChI=1S/C11H14O3/c1-8(7-12)11(2)13-9-5-3-4-6-10(9)14-11/h3-6,8,12H,7H2,1-2H3. The Bertz CT molecular complexity index is 310. The van der Waals surface area contributed by atoms with E-state index >= 15 is 0 Å². The van der Waals surface area contributed by atoms with Gasteiger partial charge in [0.2, 0.25) is 0 Å². The third-order valence-corrected chi connectivity index (χ3v) is 2.64. The van der Waals surface area contributed by atoms with Crippen molar-refractivity contribution in [1.29, 1.82) is 0 Å². The zero-order chi connectivity index (χ0) is 10.2. The Balaban J connectivity index is 2.25. The van der Waals surface area contributed by atoms with Crippen molar-refractivity contribution in [2.24, 2.45) is 5.92 Å². The number of para-hydroxylation sites is 2. The summed E-state index contributed by atoms with van der Waals surface area (Å²) in [6.07, 6.45) is 0. The lowest BCUT2D eigenvalue weighted by Gasteiger charge is -2.28. The molecule has 0 bridgehead atoms. The van der Waals surface area contributed by atoms with Crippen LogP contribution in [0, 0.1) is 5.92 Å². The first-order valence-corrected chi connectivity index (χ1v) is 4.73. The van der Waals surface area contributed by atoms with Gasteiger partial charge in [-0.05, 0) is 12.1 Å². The van der Waals surface area contributed by atoms with E-state index in [0.717, 1.165) is 11.5 Å². The summed E-state index contributed by atoms with van der Waals surface area (Å²) in [6.45, 7) is 3.78. The highest BCUT2D eigenvalue weighted by molar-refractivity contribution is 5.42. The molecule has 1 N–H and O–H groups in total. The number of aliphatic hydroxyl groups is 1. The molecule has 0 aliphatic carbocycles. The fourth-order valence-electron chi connectivity index (χ4n) is 1.44. The van der Waals surface area contributed by atoms with E-state index in [1.807, 2.05) is 38.1 Å². The van der Waals surface area contributed by atoms with Crippen LogP contribution in [0.1, 0.15) is 13.8 Å². The molecule has 3 nitrogen and oxygen atoms in total. The second-order valence-corrected chi connectivity index (χ2v) is 3.75. The molecule has 1 aliphatic rings. The molecule has 14 heavy (non-hydrogen) atoms. The Kier molecular flexibility index (Phi) is 2.11. The molecule has 1 atom stereocenters. The van der Waals surface area contributed by atoms with Gasteiger partial charge in [0.25, 0.3) is 5.79 Å². The van der Waals surface area contributed by atoms with Crippen molar-refractivity contribution in [3.63, 3.8) is 0 Å². The summed E-state index contributed by atoms with van der Waals surface area (Å²) in [4.78, 5) is 0. The molecule has 0 radical (unpaired) electrons. The van der Waals surface area contributed by atoms with Crippen molar-refractivity contribution in [3.8, 4) is 11.5 Å². The Hall–Kier alpha value is -1.22. The zero-order valence-electron chi connectivity index (χ0n) is 8.36. The molecule has 0 spiro atoms. The van der Waals surface area contributed by atoms with Crippen LogP contribution in [0.4, 0.5) is 0 Å². The molecule has 0 saturated heterocycles. The minimum Gasteiger partial charge on any atom is -0.448 e. The molecular formula is C11H14O3. The summed E-state index contributed by atoms with van der Waals surface area (Å²) in [6, 6.07) is 7.53. The number of rotatable bonds is 2. The first-order valence-electron chi connectivity index (χ1n) is 4.73. The molecular weight excluding hydrogens is 180 g/mol. The largest absolute Gasteiger partial charge is 0.448 e. The normalized spacial score (nSPS) is 19.4. The Labute approximate surface area is 83.3 Å². The van der Waals surface area contributed by atoms with Crippen molar-refractivity contribution >= 4 is 0 Å². The van der Waals surface area contributed by atoms with E-state index in [9.17, 15) is 0 Å². The van der Waals surface area contributed by atoms with Gasteiger partial charge in [0.05, 0.1) is 12.5 Å². The lowest BCUT2D eigenvalue weighted by Crippen LogP contribution is -2.43. The first kappa shape index (κ1) is 9.34. The van der Waals surface area contributed by atoms with Crippen LogP contribution in [0.2, 0.25) is 0 Å². The Morgan fingerprint density at radius 3 is 2.21 bits per heavy atom. The summed E-state index contributed by atoms with van der Waals surface area (Å²) < 4.78 is 11.3. The third kappa shape index (κ3) is 1.34. The smallest absolute Gasteiger partial charge is 0.253 e. The average molecular weight is 194 g/mol. The van der Waals surface area contributed by atoms with Crippen molar-refractivity contribution in [1.82, 2.24) is 0 Å². The minimum absolute atomic E-state index is 0.0461. The summed E-state index contributed by atoms with van der Waals surface area (Å²) in [5.74, 6) is 0.693. The molecule has 1 aromatic rings. The molecule has 0 amide bonds. The highest BCUT2D eigenvalue weighted by atomic mass is 16.7. The van der Waals surface area contributed by atoms with Gasteiger partial charge in [0.1, 0.15) is 0 Å². The summed E-state index contributed by atoms with van der Waals surface area (Å²) in [5.41, 5.74) is 0. The van der Waals surface area contributed by atoms with Crippen LogP contribution in [0.25, 0.3) is 0 Å². The van der Waals surface area contributed by atoms with Gasteiger partial charge < -0.3 is 14.6 Å². The second-order valence-electron chi connectivity index (χ2n) is 3.75. The van der Waals surface area contributed by atoms with E-state index < -0.39 is 5.79 Å². The fraction of sp³-hybridized carbons (Fsp3) is 0.455. The number of aliphatic hydroxyl groups excluding tert-OH is 1. The van der Waals surface area contributed by atoms with Crippen molar-refractivity contribution in [2.45, 2.75) is 19.6 Å². The number of hydrogen-bond acceptors (Lipinski definition) is 3. The van der Waals surface area contributed by atoms with E-state index in [2.05, 4.69) is 0 Å². The molecule has 1 unspecified atom stereocenters. The summed E-state index contributed by atoms with van der Waals surface area (Å²) in [5, 5.41) is 9.08. The van der Waals surface area contributed by atoms with Crippen LogP contribution in [-0.2, 0) is 0 Å². The average Bonchev–Trinajstić information content (AvgIpc) is 2.54. The number of fused-ring (bicyclic) bond motifs is 1. The highest BCUT2D eigenvalue weighted by Gasteiger charge is 2.41. The van der Waals surface area contributed by atoms with Gasteiger partial charge in [-0.3, -0.25) is 0 Å². The summed E-state index contributed by atoms with van der Waals surface area (Å²) >= 11 is 0. The first-order chi connectivity index (χ1) is 6.65. The topological polar surface area (TPSA) is 38.7 Å². The van der Waals surface area contributed by atoms with Gasteiger partial charge in [0, 0.05) is 6.92 Å². The maximum atomic E-state index is 9.08. The van der Waals surface area contributed by atoms with Crippen LogP contribution in [0.15, 0.2) is 24.3 Å². The highest BCUT2D eigenvalue weighted by Crippen LogP contribution is 2.41. The lowest BCUT2D eigenvalue weighted by atomic mass is 10.0. The van der Waals surface area contributed by atoms with E-state index in [1.165, 1.54) is 0 Å². The quantitative estimate of drug-likeness (QED) is 0.780. The SMILES string of the molecule is CC(CO)C1(C)Oc2ccccc2O1. The third-order valence-electron chi connectivity index (χ3n) is 2.64. The maximum Gasteiger partial charge on any atom is 0.253 e. The lowest BCUT2D eigenvalue weighted by molar-refractivity contribution is -0.116. The predicted molar refractivity (Wildman–Crippen MR) is 52.4 cm³/mol. The van der Waals surface area contributed by atoms with Crippen LogP contribution >= 0.6 is 0 Å². The minimum atomic E-state index is -0.738.